The van der Waals surface area contributed by atoms with Crippen molar-refractivity contribution in [1.82, 2.24) is 0 Å². The number of rotatable bonds is 3. The Bertz CT molecular complexity index is 171. The first-order chi connectivity index (χ1) is 5.90. The maximum absolute atomic E-state index is 11.2. The van der Waals surface area contributed by atoms with E-state index >= 15 is 0 Å². The molecule has 0 aliphatic heterocycles. The zero-order valence-corrected chi connectivity index (χ0v) is 8.85. The molecule has 76 valence electrons. The van der Waals surface area contributed by atoms with Crippen LogP contribution in [0, 0.1) is 5.41 Å². The third-order valence-corrected chi connectivity index (χ3v) is 1.59. The van der Waals surface area contributed by atoms with Crippen molar-refractivity contribution in [3.63, 3.8) is 0 Å². The zero-order chi connectivity index (χ0) is 10.9. The molecule has 0 saturated carbocycles. The fraction of sp³-hybridized carbons (Fsp3) is 0.800. The average molecular weight is 186 g/mol. The van der Waals surface area contributed by atoms with Crippen LogP contribution in [0.5, 0.6) is 0 Å². The van der Waals surface area contributed by atoms with Crippen molar-refractivity contribution in [3.8, 4) is 0 Å². The van der Waals surface area contributed by atoms with E-state index in [2.05, 4.69) is 6.92 Å². The standard InChI is InChI=1S/C9H18O.CO2/c1-5-6-7-8(10)9(2,3)4;2-1-3/h5-7H2,1-4H3;. The molecule has 0 bridgehead atoms. The van der Waals surface area contributed by atoms with Crippen LogP contribution >= 0.6 is 0 Å². The minimum Gasteiger partial charge on any atom is -0.299 e. The van der Waals surface area contributed by atoms with Crippen LogP contribution in [0.25, 0.3) is 0 Å². The summed E-state index contributed by atoms with van der Waals surface area (Å²) in [5, 5.41) is 0. The van der Waals surface area contributed by atoms with E-state index in [0.717, 1.165) is 19.3 Å². The lowest BCUT2D eigenvalue weighted by molar-refractivity contribution is -0.191. The van der Waals surface area contributed by atoms with E-state index in [1.165, 1.54) is 0 Å². The van der Waals surface area contributed by atoms with Crippen molar-refractivity contribution < 1.29 is 14.4 Å². The Kier molecular flexibility index (Phi) is 8.61. The summed E-state index contributed by atoms with van der Waals surface area (Å²) in [6.45, 7) is 8.04. The van der Waals surface area contributed by atoms with Gasteiger partial charge < -0.3 is 0 Å². The highest BCUT2D eigenvalue weighted by molar-refractivity contribution is 5.83. The lowest BCUT2D eigenvalue weighted by Crippen LogP contribution is -2.19. The predicted molar refractivity (Wildman–Crippen MR) is 49.0 cm³/mol. The molecule has 0 heterocycles. The monoisotopic (exact) mass is 186 g/mol. The third-order valence-electron chi connectivity index (χ3n) is 1.59. The number of ketones is 1. The van der Waals surface area contributed by atoms with Gasteiger partial charge in [0, 0.05) is 11.8 Å². The highest BCUT2D eigenvalue weighted by Gasteiger charge is 2.19. The molecule has 0 saturated heterocycles. The number of hydrogen-bond donors (Lipinski definition) is 0. The first kappa shape index (κ1) is 14.6. The van der Waals surface area contributed by atoms with Crippen LogP contribution < -0.4 is 0 Å². The second-order valence-corrected chi connectivity index (χ2v) is 3.86. The van der Waals surface area contributed by atoms with Gasteiger partial charge in [0.05, 0.1) is 0 Å². The molecule has 0 aromatic carbocycles. The van der Waals surface area contributed by atoms with Gasteiger partial charge in [-0.2, -0.15) is 9.59 Å². The Hall–Kier alpha value is -0.950. The smallest absolute Gasteiger partial charge is 0.299 e. The van der Waals surface area contributed by atoms with Gasteiger partial charge in [0.25, 0.3) is 0 Å². The fourth-order valence-electron chi connectivity index (χ4n) is 0.712. The molecule has 0 aromatic rings. The summed E-state index contributed by atoms with van der Waals surface area (Å²) in [4.78, 5) is 27.5. The molecule has 0 amide bonds. The number of hydrogen-bond acceptors (Lipinski definition) is 3. The summed E-state index contributed by atoms with van der Waals surface area (Å²) in [6, 6.07) is 0. The van der Waals surface area contributed by atoms with E-state index in [0.29, 0.717) is 5.78 Å². The largest absolute Gasteiger partial charge is 0.373 e. The minimum absolute atomic E-state index is 0.130. The van der Waals surface area contributed by atoms with Gasteiger partial charge in [0.15, 0.2) is 0 Å². The molecule has 0 aliphatic rings. The van der Waals surface area contributed by atoms with Crippen molar-refractivity contribution in [2.24, 2.45) is 5.41 Å². The minimum atomic E-state index is -0.130. The molecule has 0 fully saturated rings. The zero-order valence-electron chi connectivity index (χ0n) is 8.85. The van der Waals surface area contributed by atoms with Crippen LogP contribution in [-0.2, 0) is 14.4 Å². The van der Waals surface area contributed by atoms with Crippen LogP contribution in [0.4, 0.5) is 0 Å². The summed E-state index contributed by atoms with van der Waals surface area (Å²) < 4.78 is 0. The van der Waals surface area contributed by atoms with E-state index in [4.69, 9.17) is 9.59 Å². The second kappa shape index (κ2) is 7.69. The average Bonchev–Trinajstić information content (AvgIpc) is 1.99. The van der Waals surface area contributed by atoms with Gasteiger partial charge in [-0.3, -0.25) is 4.79 Å². The van der Waals surface area contributed by atoms with Gasteiger partial charge in [-0.05, 0) is 6.42 Å². The van der Waals surface area contributed by atoms with Gasteiger partial charge >= 0.3 is 6.15 Å². The molecule has 0 N–H and O–H groups in total. The Balaban J connectivity index is 0. The molecular weight excluding hydrogens is 168 g/mol. The summed E-state index contributed by atoms with van der Waals surface area (Å²) in [5.41, 5.74) is -0.130. The van der Waals surface area contributed by atoms with E-state index < -0.39 is 0 Å². The van der Waals surface area contributed by atoms with Crippen molar-refractivity contribution >= 4 is 11.9 Å². The molecule has 0 aromatic heterocycles. The molecule has 0 rings (SSSR count). The molecule has 0 unspecified atom stereocenters. The van der Waals surface area contributed by atoms with E-state index in [9.17, 15) is 4.79 Å². The molecule has 3 nitrogen and oxygen atoms in total. The summed E-state index contributed by atoms with van der Waals surface area (Å²) >= 11 is 0. The lowest BCUT2D eigenvalue weighted by Gasteiger charge is -2.15. The predicted octanol–water partition coefficient (Wildman–Crippen LogP) is 2.21. The Morgan fingerprint density at radius 1 is 1.23 bits per heavy atom. The normalized spacial score (nSPS) is 9.54. The highest BCUT2D eigenvalue weighted by Crippen LogP contribution is 2.17. The number of Topliss-reactive ketones (excluding diaryl/α,β-unsaturated/α-hetero) is 1. The fourth-order valence-corrected chi connectivity index (χ4v) is 0.712. The first-order valence-corrected chi connectivity index (χ1v) is 4.42. The molecule has 0 aliphatic carbocycles. The molecule has 13 heavy (non-hydrogen) atoms. The summed E-state index contributed by atoms with van der Waals surface area (Å²) in [6.07, 6.45) is 3.15. The van der Waals surface area contributed by atoms with Crippen LogP contribution in [0.15, 0.2) is 0 Å². The molecule has 0 atom stereocenters. The molecule has 3 heteroatoms. The molecular formula is C10H18O3. The van der Waals surface area contributed by atoms with Crippen molar-refractivity contribution in [1.29, 1.82) is 0 Å². The second-order valence-electron chi connectivity index (χ2n) is 3.86. The maximum Gasteiger partial charge on any atom is 0.373 e. The number of carbonyl (C=O) groups is 1. The topological polar surface area (TPSA) is 51.2 Å². The maximum atomic E-state index is 11.2. The summed E-state index contributed by atoms with van der Waals surface area (Å²) in [7, 11) is 0. The van der Waals surface area contributed by atoms with Gasteiger partial charge in [-0.1, -0.05) is 34.1 Å². The lowest BCUT2D eigenvalue weighted by atomic mass is 9.88. The Labute approximate surface area is 79.5 Å². The highest BCUT2D eigenvalue weighted by atomic mass is 16.2. The van der Waals surface area contributed by atoms with Crippen LogP contribution in [-0.4, -0.2) is 11.9 Å². The number of carbonyl (C=O) groups excluding carboxylic acids is 3. The van der Waals surface area contributed by atoms with E-state index in [1.54, 1.807) is 0 Å². The number of unbranched alkanes of at least 4 members (excludes halogenated alkanes) is 1. The third kappa shape index (κ3) is 11.0. The van der Waals surface area contributed by atoms with Gasteiger partial charge in [-0.15, -0.1) is 0 Å². The van der Waals surface area contributed by atoms with Crippen LogP contribution in [0.2, 0.25) is 0 Å². The van der Waals surface area contributed by atoms with Gasteiger partial charge in [0.1, 0.15) is 5.78 Å². The van der Waals surface area contributed by atoms with Crippen molar-refractivity contribution in [2.45, 2.75) is 47.0 Å². The first-order valence-electron chi connectivity index (χ1n) is 4.42. The van der Waals surface area contributed by atoms with Crippen LogP contribution in [0.3, 0.4) is 0 Å². The van der Waals surface area contributed by atoms with Gasteiger partial charge in [-0.25, -0.2) is 0 Å². The van der Waals surface area contributed by atoms with Crippen LogP contribution in [0.1, 0.15) is 47.0 Å². The quantitative estimate of drug-likeness (QED) is 0.679. The van der Waals surface area contributed by atoms with Crippen molar-refractivity contribution in [3.05, 3.63) is 0 Å². The van der Waals surface area contributed by atoms with Gasteiger partial charge in [0.2, 0.25) is 0 Å². The Morgan fingerprint density at radius 2 is 1.62 bits per heavy atom. The van der Waals surface area contributed by atoms with Crippen molar-refractivity contribution in [2.75, 3.05) is 0 Å². The van der Waals surface area contributed by atoms with E-state index in [1.807, 2.05) is 20.8 Å². The molecule has 0 radical (unpaired) electrons. The van der Waals surface area contributed by atoms with E-state index in [-0.39, 0.29) is 11.6 Å². The SMILES string of the molecule is CCCCC(=O)C(C)(C)C.O=C=O. The summed E-state index contributed by atoms with van der Waals surface area (Å²) in [5.74, 6) is 0.384. The molecule has 0 spiro atoms. The Morgan fingerprint density at radius 3 is 1.85 bits per heavy atom.